The lowest BCUT2D eigenvalue weighted by atomic mass is 9.84. The molecule has 0 bridgehead atoms. The van der Waals surface area contributed by atoms with Crippen molar-refractivity contribution < 1.29 is 0 Å². The molecule has 0 aromatic heterocycles. The van der Waals surface area contributed by atoms with Crippen molar-refractivity contribution in [2.45, 2.75) is 120 Å². The summed E-state index contributed by atoms with van der Waals surface area (Å²) in [6.45, 7) is 19.3. The first kappa shape index (κ1) is 27.4. The summed E-state index contributed by atoms with van der Waals surface area (Å²) >= 11 is 0. The van der Waals surface area contributed by atoms with Crippen molar-refractivity contribution in [1.82, 2.24) is 0 Å². The zero-order valence-corrected chi connectivity index (χ0v) is 15.9. The maximum absolute atomic E-state index is 2.28. The smallest absolute Gasteiger partial charge is 0.0417 e. The first-order valence-corrected chi connectivity index (χ1v) is 9.17. The zero-order chi connectivity index (χ0) is 15.9. The maximum Gasteiger partial charge on any atom is -0.0417 e. The van der Waals surface area contributed by atoms with Crippen LogP contribution in [0.1, 0.15) is 120 Å². The SMILES string of the molecule is CC.CCC.CCC1CCC1.CCCC.CCCC. The highest BCUT2D eigenvalue weighted by Gasteiger charge is 2.13. The molecule has 0 saturated heterocycles. The quantitative estimate of drug-likeness (QED) is 0.486. The van der Waals surface area contributed by atoms with Gasteiger partial charge in [-0.15, -0.1) is 0 Å². The molecule has 1 fully saturated rings. The van der Waals surface area contributed by atoms with Crippen LogP contribution in [0.25, 0.3) is 0 Å². The Bertz CT molecular complexity index is 71.3. The lowest BCUT2D eigenvalue weighted by Gasteiger charge is -2.22. The average molecular weight is 275 g/mol. The number of hydrogen-bond donors (Lipinski definition) is 0. The van der Waals surface area contributed by atoms with Gasteiger partial charge in [-0.25, -0.2) is 0 Å². The van der Waals surface area contributed by atoms with Gasteiger partial charge in [-0.3, -0.25) is 0 Å². The second-order valence-corrected chi connectivity index (χ2v) is 4.91. The molecule has 0 N–H and O–H groups in total. The molecule has 1 rings (SSSR count). The van der Waals surface area contributed by atoms with E-state index in [1.165, 1.54) is 57.8 Å². The third kappa shape index (κ3) is 46.1. The lowest BCUT2D eigenvalue weighted by Crippen LogP contribution is -2.08. The van der Waals surface area contributed by atoms with Crippen molar-refractivity contribution in [2.75, 3.05) is 0 Å². The van der Waals surface area contributed by atoms with E-state index in [1.807, 2.05) is 13.8 Å². The zero-order valence-electron chi connectivity index (χ0n) is 15.9. The summed E-state index contributed by atoms with van der Waals surface area (Å²) in [6.07, 6.45) is 12.5. The van der Waals surface area contributed by atoms with Crippen molar-refractivity contribution in [2.24, 2.45) is 5.92 Å². The van der Waals surface area contributed by atoms with Gasteiger partial charge in [0.25, 0.3) is 0 Å². The first-order valence-electron chi connectivity index (χ1n) is 9.17. The van der Waals surface area contributed by atoms with E-state index in [1.54, 1.807) is 0 Å². The van der Waals surface area contributed by atoms with Gasteiger partial charge < -0.3 is 0 Å². The van der Waals surface area contributed by atoms with Crippen molar-refractivity contribution in [1.29, 1.82) is 0 Å². The molecule has 1 aliphatic carbocycles. The molecular weight excluding hydrogens is 228 g/mol. The Morgan fingerprint density at radius 2 is 0.895 bits per heavy atom. The Kier molecular flexibility index (Phi) is 52.0. The predicted octanol–water partition coefficient (Wildman–Crippen LogP) is 8.25. The number of rotatable bonds is 3. The molecule has 1 aliphatic rings. The molecule has 0 radical (unpaired) electrons. The second kappa shape index (κ2) is 36.1. The highest BCUT2D eigenvalue weighted by atomic mass is 14.2. The number of hydrogen-bond acceptors (Lipinski definition) is 0. The summed E-state index contributed by atoms with van der Waals surface area (Å²) in [5, 5.41) is 0. The fourth-order valence-electron chi connectivity index (χ4n) is 0.901. The first-order chi connectivity index (χ1) is 9.17. The van der Waals surface area contributed by atoms with Crippen LogP contribution in [0.15, 0.2) is 0 Å². The monoisotopic (exact) mass is 274 g/mol. The Balaban J connectivity index is -0.0000000784. The molecule has 19 heavy (non-hydrogen) atoms. The van der Waals surface area contributed by atoms with E-state index in [0.717, 1.165) is 5.92 Å². The molecule has 0 aromatic rings. The van der Waals surface area contributed by atoms with Crippen LogP contribution in [0.3, 0.4) is 0 Å². The molecule has 0 aliphatic heterocycles. The molecule has 0 spiro atoms. The summed E-state index contributed by atoms with van der Waals surface area (Å²) in [5.41, 5.74) is 0. The Morgan fingerprint density at radius 1 is 0.632 bits per heavy atom. The summed E-state index contributed by atoms with van der Waals surface area (Å²) < 4.78 is 0. The fourth-order valence-corrected chi connectivity index (χ4v) is 0.901. The van der Waals surface area contributed by atoms with Gasteiger partial charge in [0.15, 0.2) is 0 Å². The maximum atomic E-state index is 2.28. The molecule has 0 amide bonds. The van der Waals surface area contributed by atoms with Crippen molar-refractivity contribution in [3.05, 3.63) is 0 Å². The summed E-state index contributed by atoms with van der Waals surface area (Å²) in [4.78, 5) is 0. The molecule has 1 saturated carbocycles. The molecule has 0 atom stereocenters. The molecule has 0 nitrogen and oxygen atoms in total. The van der Waals surface area contributed by atoms with Crippen LogP contribution in [-0.4, -0.2) is 0 Å². The summed E-state index contributed by atoms with van der Waals surface area (Å²) in [7, 11) is 0. The fraction of sp³-hybridized carbons (Fsp3) is 1.00. The van der Waals surface area contributed by atoms with Crippen LogP contribution < -0.4 is 0 Å². The number of unbranched alkanes of at least 4 members (excludes halogenated alkanes) is 2. The van der Waals surface area contributed by atoms with E-state index >= 15 is 0 Å². The van der Waals surface area contributed by atoms with E-state index in [2.05, 4.69) is 48.5 Å². The van der Waals surface area contributed by atoms with Gasteiger partial charge >= 0.3 is 0 Å². The van der Waals surface area contributed by atoms with E-state index in [-0.39, 0.29) is 0 Å². The Morgan fingerprint density at radius 3 is 0.895 bits per heavy atom. The van der Waals surface area contributed by atoms with Gasteiger partial charge in [-0.1, -0.05) is 120 Å². The van der Waals surface area contributed by atoms with Gasteiger partial charge in [0.1, 0.15) is 0 Å². The third-order valence-electron chi connectivity index (χ3n) is 2.80. The summed E-state index contributed by atoms with van der Waals surface area (Å²) in [5.74, 6) is 1.12. The second-order valence-electron chi connectivity index (χ2n) is 4.91. The predicted molar refractivity (Wildman–Crippen MR) is 96.1 cm³/mol. The van der Waals surface area contributed by atoms with Crippen molar-refractivity contribution in [3.8, 4) is 0 Å². The van der Waals surface area contributed by atoms with Crippen LogP contribution in [0.4, 0.5) is 0 Å². The van der Waals surface area contributed by atoms with Gasteiger partial charge in [0, 0.05) is 0 Å². The van der Waals surface area contributed by atoms with Crippen LogP contribution in [-0.2, 0) is 0 Å². The molecule has 0 heterocycles. The standard InChI is InChI=1S/C6H12.2C4H10.C3H8.C2H6/c1-2-6-4-3-5-6;2*1-3-4-2;1-3-2;1-2/h6H,2-5H2,1H3;2*3-4H2,1-2H3;3H2,1-2H3;1-2H3. The highest BCUT2D eigenvalue weighted by Crippen LogP contribution is 2.28. The average Bonchev–Trinajstić information content (AvgIpc) is 2.41. The molecule has 122 valence electrons. The minimum atomic E-state index is 1.12. The topological polar surface area (TPSA) is 0 Å². The minimum Gasteiger partial charge on any atom is -0.0683 e. The van der Waals surface area contributed by atoms with Crippen LogP contribution in [0.5, 0.6) is 0 Å². The van der Waals surface area contributed by atoms with Crippen LogP contribution in [0.2, 0.25) is 0 Å². The van der Waals surface area contributed by atoms with Crippen molar-refractivity contribution in [3.63, 3.8) is 0 Å². The summed E-state index contributed by atoms with van der Waals surface area (Å²) in [6, 6.07) is 0. The molecule has 0 unspecified atom stereocenters. The van der Waals surface area contributed by atoms with Crippen molar-refractivity contribution >= 4 is 0 Å². The third-order valence-corrected chi connectivity index (χ3v) is 2.80. The van der Waals surface area contributed by atoms with Gasteiger partial charge in [0.05, 0.1) is 0 Å². The van der Waals surface area contributed by atoms with Gasteiger partial charge in [0.2, 0.25) is 0 Å². The lowest BCUT2D eigenvalue weighted by molar-refractivity contribution is 0.307. The highest BCUT2D eigenvalue weighted by molar-refractivity contribution is 4.66. The van der Waals surface area contributed by atoms with Gasteiger partial charge in [-0.2, -0.15) is 0 Å². The van der Waals surface area contributed by atoms with Crippen LogP contribution in [0, 0.1) is 5.92 Å². The Labute approximate surface area is 126 Å². The van der Waals surface area contributed by atoms with Crippen LogP contribution >= 0.6 is 0 Å². The van der Waals surface area contributed by atoms with E-state index in [0.29, 0.717) is 0 Å². The largest absolute Gasteiger partial charge is 0.0683 e. The van der Waals surface area contributed by atoms with E-state index in [9.17, 15) is 0 Å². The minimum absolute atomic E-state index is 1.12. The van der Waals surface area contributed by atoms with E-state index < -0.39 is 0 Å². The molecular formula is C19H46. The van der Waals surface area contributed by atoms with Gasteiger partial charge in [-0.05, 0) is 5.92 Å². The normalized spacial score (nSPS) is 11.8. The molecule has 0 heteroatoms. The Hall–Kier alpha value is 0. The van der Waals surface area contributed by atoms with E-state index in [4.69, 9.17) is 0 Å². The molecule has 0 aromatic carbocycles.